The molecule has 0 fully saturated rings. The molecule has 1 aromatic carbocycles. The molecule has 4 heteroatoms. The second-order valence-electron chi connectivity index (χ2n) is 3.18. The van der Waals surface area contributed by atoms with Crippen molar-refractivity contribution in [2.24, 2.45) is 0 Å². The largest absolute Gasteiger partial charge is 0.295 e. The van der Waals surface area contributed by atoms with E-state index in [0.717, 1.165) is 6.07 Å². The van der Waals surface area contributed by atoms with Gasteiger partial charge < -0.3 is 0 Å². The normalized spacial score (nSPS) is 11.7. The molecule has 0 aliphatic heterocycles. The molecule has 0 aromatic heterocycles. The summed E-state index contributed by atoms with van der Waals surface area (Å²) in [5.41, 5.74) is 0.694. The lowest BCUT2D eigenvalue weighted by atomic mass is 10.1. The molecule has 1 aromatic rings. The monoisotopic (exact) mass is 274 g/mol. The molecule has 0 aliphatic rings. The maximum atomic E-state index is 13.3. The zero-order valence-electron chi connectivity index (χ0n) is 8.27. The van der Waals surface area contributed by atoms with E-state index in [1.807, 2.05) is 0 Å². The second kappa shape index (κ2) is 4.66. The lowest BCUT2D eigenvalue weighted by Crippen LogP contribution is -1.92. The number of hydrogen-bond acceptors (Lipinski definition) is 1. The van der Waals surface area contributed by atoms with E-state index in [9.17, 15) is 13.6 Å². The van der Waals surface area contributed by atoms with Gasteiger partial charge in [0.05, 0.1) is 4.47 Å². The van der Waals surface area contributed by atoms with Crippen molar-refractivity contribution in [2.45, 2.75) is 13.8 Å². The van der Waals surface area contributed by atoms with Crippen LogP contribution in [0.2, 0.25) is 0 Å². The summed E-state index contributed by atoms with van der Waals surface area (Å²) in [6, 6.07) is 2.11. The molecule has 0 heterocycles. The lowest BCUT2D eigenvalue weighted by molar-refractivity contribution is -0.112. The smallest absolute Gasteiger partial charge is 0.152 e. The summed E-state index contributed by atoms with van der Waals surface area (Å²) in [5.74, 6) is -1.51. The van der Waals surface area contributed by atoms with E-state index in [-0.39, 0.29) is 15.8 Å². The minimum absolute atomic E-state index is 0.174. The molecular weight excluding hydrogens is 266 g/mol. The van der Waals surface area contributed by atoms with E-state index < -0.39 is 11.6 Å². The van der Waals surface area contributed by atoms with Crippen molar-refractivity contribution >= 4 is 27.3 Å². The van der Waals surface area contributed by atoms with Gasteiger partial charge in [0.25, 0.3) is 0 Å². The van der Waals surface area contributed by atoms with Gasteiger partial charge in [-0.3, -0.25) is 4.79 Å². The van der Waals surface area contributed by atoms with Gasteiger partial charge in [0.15, 0.2) is 5.78 Å². The number of rotatable bonds is 2. The quantitative estimate of drug-likeness (QED) is 0.594. The summed E-state index contributed by atoms with van der Waals surface area (Å²) >= 11 is 2.96. The molecule has 0 radical (unpaired) electrons. The number of allylic oxidation sites excluding steroid dienone is 2. The van der Waals surface area contributed by atoms with Crippen LogP contribution in [0, 0.1) is 11.6 Å². The molecule has 1 nitrogen and oxygen atoms in total. The molecule has 0 aliphatic carbocycles. The summed E-state index contributed by atoms with van der Waals surface area (Å²) in [6.45, 7) is 2.98. The Morgan fingerprint density at radius 3 is 2.40 bits per heavy atom. The van der Waals surface area contributed by atoms with Gasteiger partial charge in [0, 0.05) is 11.6 Å². The van der Waals surface area contributed by atoms with Crippen LogP contribution in [0.5, 0.6) is 0 Å². The molecule has 0 saturated heterocycles. The highest BCUT2D eigenvalue weighted by atomic mass is 79.9. The zero-order chi connectivity index (χ0) is 11.6. The van der Waals surface area contributed by atoms with Crippen molar-refractivity contribution in [3.05, 3.63) is 39.9 Å². The second-order valence-corrected chi connectivity index (χ2v) is 4.04. The Hall–Kier alpha value is -1.03. The summed E-state index contributed by atoms with van der Waals surface area (Å²) in [4.78, 5) is 10.8. The van der Waals surface area contributed by atoms with Gasteiger partial charge in [0.2, 0.25) is 0 Å². The van der Waals surface area contributed by atoms with Crippen molar-refractivity contribution in [2.75, 3.05) is 0 Å². The van der Waals surface area contributed by atoms with Gasteiger partial charge in [-0.2, -0.15) is 0 Å². The van der Waals surface area contributed by atoms with Crippen molar-refractivity contribution in [3.8, 4) is 0 Å². The van der Waals surface area contributed by atoms with Crippen LogP contribution in [0.15, 0.2) is 22.7 Å². The first-order valence-electron chi connectivity index (χ1n) is 4.25. The van der Waals surface area contributed by atoms with Crippen LogP contribution >= 0.6 is 15.9 Å². The Morgan fingerprint density at radius 2 is 1.87 bits per heavy atom. The molecule has 0 saturated carbocycles. The maximum Gasteiger partial charge on any atom is 0.152 e. The minimum atomic E-state index is -0.675. The number of carbonyl (C=O) groups excluding carboxylic acids is 1. The van der Waals surface area contributed by atoms with Crippen molar-refractivity contribution < 1.29 is 13.6 Å². The van der Waals surface area contributed by atoms with E-state index in [0.29, 0.717) is 5.57 Å². The Morgan fingerprint density at radius 1 is 1.27 bits per heavy atom. The van der Waals surface area contributed by atoms with E-state index >= 15 is 0 Å². The fraction of sp³-hybridized carbons (Fsp3) is 0.182. The fourth-order valence-electron chi connectivity index (χ4n) is 1.21. The lowest BCUT2D eigenvalue weighted by Gasteiger charge is -2.04. The summed E-state index contributed by atoms with van der Waals surface area (Å²) < 4.78 is 26.4. The molecule has 0 N–H and O–H groups in total. The van der Waals surface area contributed by atoms with Crippen LogP contribution < -0.4 is 0 Å². The predicted octanol–water partition coefficient (Wildman–Crippen LogP) is 3.72. The highest BCUT2D eigenvalue weighted by Crippen LogP contribution is 2.24. The number of hydrogen-bond donors (Lipinski definition) is 0. The van der Waals surface area contributed by atoms with Crippen molar-refractivity contribution in [1.29, 1.82) is 0 Å². The van der Waals surface area contributed by atoms with Gasteiger partial charge in [-0.1, -0.05) is 0 Å². The number of ketones is 1. The van der Waals surface area contributed by atoms with Crippen LogP contribution in [-0.2, 0) is 4.79 Å². The molecule has 0 spiro atoms. The van der Waals surface area contributed by atoms with Gasteiger partial charge in [-0.05, 0) is 47.5 Å². The highest BCUT2D eigenvalue weighted by molar-refractivity contribution is 9.10. The highest BCUT2D eigenvalue weighted by Gasteiger charge is 2.09. The van der Waals surface area contributed by atoms with Crippen molar-refractivity contribution in [1.82, 2.24) is 0 Å². The molecule has 15 heavy (non-hydrogen) atoms. The first-order chi connectivity index (χ1) is 6.91. The molecule has 0 unspecified atom stereocenters. The first-order valence-corrected chi connectivity index (χ1v) is 5.05. The molecule has 0 amide bonds. The third-order valence-corrected chi connectivity index (χ3v) is 2.46. The Kier molecular flexibility index (Phi) is 3.74. The number of halogens is 3. The summed E-state index contributed by atoms with van der Waals surface area (Å²) in [6.07, 6.45) is 1.31. The van der Waals surface area contributed by atoms with Gasteiger partial charge >= 0.3 is 0 Å². The number of carbonyl (C=O) groups is 1. The zero-order valence-corrected chi connectivity index (χ0v) is 9.86. The number of benzene rings is 1. The third-order valence-electron chi connectivity index (χ3n) is 1.85. The molecular formula is C11H9BrF2O. The molecule has 80 valence electrons. The van der Waals surface area contributed by atoms with Crippen LogP contribution in [0.3, 0.4) is 0 Å². The molecule has 0 atom stereocenters. The standard InChI is InChI=1S/C11H9BrF2O/c1-6(3-7(2)15)8-4-9(12)11(14)5-10(8)13/h3-5H,1-2H3/b6-3+. The van der Waals surface area contributed by atoms with E-state index in [2.05, 4.69) is 15.9 Å². The minimum Gasteiger partial charge on any atom is -0.295 e. The fourth-order valence-corrected chi connectivity index (χ4v) is 1.55. The Labute approximate surface area is 94.9 Å². The molecule has 1 rings (SSSR count). The Bertz CT molecular complexity index is 438. The molecule has 0 bridgehead atoms. The maximum absolute atomic E-state index is 13.3. The van der Waals surface area contributed by atoms with Gasteiger partial charge in [0.1, 0.15) is 11.6 Å². The van der Waals surface area contributed by atoms with Crippen LogP contribution in [0.4, 0.5) is 8.78 Å². The average Bonchev–Trinajstić information content (AvgIpc) is 2.09. The van der Waals surface area contributed by atoms with Crippen molar-refractivity contribution in [3.63, 3.8) is 0 Å². The van der Waals surface area contributed by atoms with Crippen LogP contribution in [-0.4, -0.2) is 5.78 Å². The average molecular weight is 275 g/mol. The van der Waals surface area contributed by atoms with Crippen LogP contribution in [0.25, 0.3) is 5.57 Å². The topological polar surface area (TPSA) is 17.1 Å². The first kappa shape index (κ1) is 12.0. The van der Waals surface area contributed by atoms with Gasteiger partial charge in [-0.25, -0.2) is 8.78 Å². The predicted molar refractivity (Wildman–Crippen MR) is 58.4 cm³/mol. The summed E-state index contributed by atoms with van der Waals surface area (Å²) in [5, 5.41) is 0. The SMILES string of the molecule is CC(=O)/C=C(\C)c1cc(Br)c(F)cc1F. The van der Waals surface area contributed by atoms with E-state index in [4.69, 9.17) is 0 Å². The van der Waals surface area contributed by atoms with Gasteiger partial charge in [-0.15, -0.1) is 0 Å². The van der Waals surface area contributed by atoms with Crippen LogP contribution in [0.1, 0.15) is 19.4 Å². The van der Waals surface area contributed by atoms with E-state index in [1.54, 1.807) is 6.92 Å². The van der Waals surface area contributed by atoms with E-state index in [1.165, 1.54) is 19.1 Å². The summed E-state index contributed by atoms with van der Waals surface area (Å²) in [7, 11) is 0. The third kappa shape index (κ3) is 2.96. The Balaban J connectivity index is 3.26.